The van der Waals surface area contributed by atoms with Crippen molar-refractivity contribution in [2.75, 3.05) is 33.5 Å². The van der Waals surface area contributed by atoms with E-state index in [4.69, 9.17) is 9.84 Å². The van der Waals surface area contributed by atoms with Crippen LogP contribution in [0.25, 0.3) is 0 Å². The van der Waals surface area contributed by atoms with Crippen molar-refractivity contribution in [2.24, 2.45) is 0 Å². The summed E-state index contributed by atoms with van der Waals surface area (Å²) >= 11 is 0. The van der Waals surface area contributed by atoms with Gasteiger partial charge in [0.1, 0.15) is 0 Å². The average Bonchev–Trinajstić information content (AvgIpc) is 1.93. The van der Waals surface area contributed by atoms with Gasteiger partial charge < -0.3 is 14.6 Å². The highest BCUT2D eigenvalue weighted by Gasteiger charge is 1.67. The lowest BCUT2D eigenvalue weighted by atomic mass is 10.8. The van der Waals surface area contributed by atoms with Gasteiger partial charge in [0, 0.05) is 20.3 Å². The third kappa shape index (κ3) is 24.8. The Kier molecular flexibility index (Phi) is 20.0. The van der Waals surface area contributed by atoms with Gasteiger partial charge >= 0.3 is 0 Å². The molecule has 64 valence electrons. The van der Waals surface area contributed by atoms with E-state index in [0.717, 1.165) is 13.2 Å². The average molecular weight is 150 g/mol. The van der Waals surface area contributed by atoms with E-state index in [1.807, 2.05) is 13.8 Å². The highest BCUT2D eigenvalue weighted by atomic mass is 16.5. The molecular weight excluding hydrogens is 132 g/mol. The molecule has 0 saturated carbocycles. The summed E-state index contributed by atoms with van der Waals surface area (Å²) in [5, 5.41) is 7.94. The largest absolute Gasteiger partial charge is 0.394 e. The molecule has 0 aromatic heterocycles. The van der Waals surface area contributed by atoms with Crippen LogP contribution in [0.3, 0.4) is 0 Å². The van der Waals surface area contributed by atoms with Crippen LogP contribution in [0.15, 0.2) is 0 Å². The molecule has 1 N–H and O–H groups in total. The molecule has 0 rings (SSSR count). The zero-order valence-electron chi connectivity index (χ0n) is 7.09. The summed E-state index contributed by atoms with van der Waals surface area (Å²) in [7, 11) is 1.55. The first kappa shape index (κ1) is 12.5. The van der Waals surface area contributed by atoms with Gasteiger partial charge in [-0.25, -0.2) is 0 Å². The number of aliphatic hydroxyl groups excluding tert-OH is 1. The van der Waals surface area contributed by atoms with Gasteiger partial charge in [-0.1, -0.05) is 0 Å². The zero-order chi connectivity index (χ0) is 8.24. The van der Waals surface area contributed by atoms with Gasteiger partial charge in [-0.05, 0) is 13.8 Å². The van der Waals surface area contributed by atoms with Crippen LogP contribution in [-0.2, 0) is 9.47 Å². The van der Waals surface area contributed by atoms with Crippen molar-refractivity contribution in [2.45, 2.75) is 13.8 Å². The van der Waals surface area contributed by atoms with E-state index >= 15 is 0 Å². The Bertz CT molecular complexity index is 29.8. The van der Waals surface area contributed by atoms with E-state index in [1.165, 1.54) is 0 Å². The van der Waals surface area contributed by atoms with Crippen LogP contribution in [0.5, 0.6) is 0 Å². The summed E-state index contributed by atoms with van der Waals surface area (Å²) in [4.78, 5) is 0. The van der Waals surface area contributed by atoms with Gasteiger partial charge in [-0.2, -0.15) is 0 Å². The summed E-state index contributed by atoms with van der Waals surface area (Å²) in [5.74, 6) is 0. The molecule has 0 saturated heterocycles. The summed E-state index contributed by atoms with van der Waals surface area (Å²) in [6, 6.07) is 0. The Morgan fingerprint density at radius 3 is 1.70 bits per heavy atom. The fourth-order valence-corrected chi connectivity index (χ4v) is 0.295. The number of aliphatic hydroxyl groups is 1. The van der Waals surface area contributed by atoms with Crippen molar-refractivity contribution in [3.63, 3.8) is 0 Å². The minimum atomic E-state index is 0.122. The zero-order valence-corrected chi connectivity index (χ0v) is 7.09. The first-order valence-electron chi connectivity index (χ1n) is 3.50. The maximum Gasteiger partial charge on any atom is 0.0693 e. The number of rotatable bonds is 4. The molecule has 0 heterocycles. The number of hydrogen-bond acceptors (Lipinski definition) is 3. The molecular formula is C7H18O3. The van der Waals surface area contributed by atoms with Crippen LogP contribution in [0.1, 0.15) is 13.8 Å². The van der Waals surface area contributed by atoms with Gasteiger partial charge in [-0.15, -0.1) is 0 Å². The molecule has 0 spiro atoms. The monoisotopic (exact) mass is 150 g/mol. The highest BCUT2D eigenvalue weighted by molar-refractivity contribution is 4.12. The minimum Gasteiger partial charge on any atom is -0.394 e. The Morgan fingerprint density at radius 1 is 1.20 bits per heavy atom. The summed E-state index contributed by atoms with van der Waals surface area (Å²) < 4.78 is 9.27. The molecule has 0 radical (unpaired) electrons. The van der Waals surface area contributed by atoms with E-state index < -0.39 is 0 Å². The van der Waals surface area contributed by atoms with Crippen molar-refractivity contribution in [3.05, 3.63) is 0 Å². The molecule has 0 aromatic carbocycles. The minimum absolute atomic E-state index is 0.122. The molecule has 0 amide bonds. The molecule has 0 aliphatic heterocycles. The molecule has 3 heteroatoms. The summed E-state index contributed by atoms with van der Waals surface area (Å²) in [5.41, 5.74) is 0. The second kappa shape index (κ2) is 15.9. The smallest absolute Gasteiger partial charge is 0.0693 e. The normalized spacial score (nSPS) is 8.40. The van der Waals surface area contributed by atoms with E-state index in [1.54, 1.807) is 7.11 Å². The molecule has 0 fully saturated rings. The summed E-state index contributed by atoms with van der Waals surface area (Å²) in [6.07, 6.45) is 0. The molecule has 0 unspecified atom stereocenters. The van der Waals surface area contributed by atoms with Crippen LogP contribution in [0, 0.1) is 0 Å². The van der Waals surface area contributed by atoms with Crippen molar-refractivity contribution >= 4 is 0 Å². The van der Waals surface area contributed by atoms with E-state index in [-0.39, 0.29) is 6.61 Å². The highest BCUT2D eigenvalue weighted by Crippen LogP contribution is 1.64. The molecule has 0 aliphatic rings. The lowest BCUT2D eigenvalue weighted by Gasteiger charge is -1.86. The Hall–Kier alpha value is -0.120. The van der Waals surface area contributed by atoms with Crippen LogP contribution in [-0.4, -0.2) is 38.6 Å². The van der Waals surface area contributed by atoms with Gasteiger partial charge in [-0.3, -0.25) is 0 Å². The maximum absolute atomic E-state index is 7.94. The molecule has 10 heavy (non-hydrogen) atoms. The molecule has 0 aromatic rings. The molecule has 0 bridgehead atoms. The second-order valence-electron chi connectivity index (χ2n) is 1.50. The van der Waals surface area contributed by atoms with Crippen molar-refractivity contribution in [1.82, 2.24) is 0 Å². The predicted molar refractivity (Wildman–Crippen MR) is 41.1 cm³/mol. The predicted octanol–water partition coefficient (Wildman–Crippen LogP) is 0.668. The van der Waals surface area contributed by atoms with Gasteiger partial charge in [0.05, 0.1) is 13.2 Å². The first-order chi connectivity index (χ1) is 4.83. The van der Waals surface area contributed by atoms with Crippen molar-refractivity contribution in [1.29, 1.82) is 0 Å². The fourth-order valence-electron chi connectivity index (χ4n) is 0.295. The van der Waals surface area contributed by atoms with E-state index in [2.05, 4.69) is 4.74 Å². The van der Waals surface area contributed by atoms with Crippen molar-refractivity contribution < 1.29 is 14.6 Å². The lowest BCUT2D eigenvalue weighted by Crippen LogP contribution is -1.91. The van der Waals surface area contributed by atoms with Gasteiger partial charge in [0.2, 0.25) is 0 Å². The van der Waals surface area contributed by atoms with Gasteiger partial charge in [0.15, 0.2) is 0 Å². The van der Waals surface area contributed by atoms with Crippen LogP contribution in [0.4, 0.5) is 0 Å². The fraction of sp³-hybridized carbons (Fsp3) is 1.00. The molecule has 0 atom stereocenters. The van der Waals surface area contributed by atoms with Crippen molar-refractivity contribution in [3.8, 4) is 0 Å². The quantitative estimate of drug-likeness (QED) is 0.640. The van der Waals surface area contributed by atoms with Gasteiger partial charge in [0.25, 0.3) is 0 Å². The Morgan fingerprint density at radius 2 is 1.70 bits per heavy atom. The number of hydrogen-bond donors (Lipinski definition) is 1. The lowest BCUT2D eigenvalue weighted by molar-refractivity contribution is 0.135. The molecule has 0 aliphatic carbocycles. The second-order valence-corrected chi connectivity index (χ2v) is 1.50. The maximum atomic E-state index is 7.94. The Labute approximate surface area is 63.0 Å². The van der Waals surface area contributed by atoms with E-state index in [9.17, 15) is 0 Å². The third-order valence-electron chi connectivity index (χ3n) is 0.704. The number of ether oxygens (including phenoxy) is 2. The SMILES string of the molecule is CCOCC.COCCO. The van der Waals surface area contributed by atoms with E-state index in [0.29, 0.717) is 6.61 Å². The standard InChI is InChI=1S/C4H10O.C3H8O2/c1-3-5-4-2;1-5-3-2-4/h3-4H2,1-2H3;4H,2-3H2,1H3. The summed E-state index contributed by atoms with van der Waals surface area (Å²) in [6.45, 7) is 6.23. The molecule has 3 nitrogen and oxygen atoms in total. The topological polar surface area (TPSA) is 38.7 Å². The third-order valence-corrected chi connectivity index (χ3v) is 0.704. The van der Waals surface area contributed by atoms with Crippen LogP contribution >= 0.6 is 0 Å². The number of methoxy groups -OCH3 is 1. The Balaban J connectivity index is 0. The first-order valence-corrected chi connectivity index (χ1v) is 3.50. The van der Waals surface area contributed by atoms with Crippen LogP contribution in [0.2, 0.25) is 0 Å². The van der Waals surface area contributed by atoms with Crippen LogP contribution < -0.4 is 0 Å².